The molecule has 2 atom stereocenters. The summed E-state index contributed by atoms with van der Waals surface area (Å²) in [5, 5.41) is 19.0. The SMILES string of the molecule is O=C(Nc1cccc(O)c1)c1cnn2c1N[C@@H](c1ccc(Br)cc1)C[C@@H]2C(F)(F)F. The Balaban J connectivity index is 1.69. The number of nitrogens with one attached hydrogen (secondary N) is 2. The lowest BCUT2D eigenvalue weighted by molar-refractivity contribution is -0.173. The van der Waals surface area contributed by atoms with E-state index in [1.165, 1.54) is 12.1 Å². The van der Waals surface area contributed by atoms with Gasteiger partial charge in [-0.1, -0.05) is 34.1 Å². The molecule has 10 heteroatoms. The van der Waals surface area contributed by atoms with E-state index in [9.17, 15) is 23.1 Å². The average molecular weight is 481 g/mol. The van der Waals surface area contributed by atoms with Gasteiger partial charge in [-0.25, -0.2) is 4.68 Å². The van der Waals surface area contributed by atoms with Crippen LogP contribution in [-0.2, 0) is 0 Å². The highest BCUT2D eigenvalue weighted by Crippen LogP contribution is 2.44. The predicted molar refractivity (Wildman–Crippen MR) is 109 cm³/mol. The van der Waals surface area contributed by atoms with Gasteiger partial charge in [0.25, 0.3) is 5.91 Å². The molecule has 0 radical (unpaired) electrons. The molecule has 1 amide bonds. The lowest BCUT2D eigenvalue weighted by atomic mass is 9.96. The number of halogens is 4. The zero-order valence-corrected chi connectivity index (χ0v) is 16.9. The Bertz CT molecular complexity index is 1080. The van der Waals surface area contributed by atoms with E-state index in [0.717, 1.165) is 15.4 Å². The van der Waals surface area contributed by atoms with E-state index in [4.69, 9.17) is 0 Å². The molecule has 3 N–H and O–H groups in total. The van der Waals surface area contributed by atoms with Gasteiger partial charge in [0, 0.05) is 22.6 Å². The maximum absolute atomic E-state index is 13.8. The Kier molecular flexibility index (Phi) is 5.19. The van der Waals surface area contributed by atoms with Gasteiger partial charge in [-0.2, -0.15) is 18.3 Å². The second-order valence-corrected chi connectivity index (χ2v) is 7.81. The molecule has 0 saturated carbocycles. The van der Waals surface area contributed by atoms with Crippen LogP contribution in [0.4, 0.5) is 24.7 Å². The molecule has 1 aromatic heterocycles. The van der Waals surface area contributed by atoms with E-state index >= 15 is 0 Å². The highest BCUT2D eigenvalue weighted by molar-refractivity contribution is 9.10. The van der Waals surface area contributed by atoms with Crippen LogP contribution in [0.5, 0.6) is 5.75 Å². The average Bonchev–Trinajstić information content (AvgIpc) is 3.11. The zero-order chi connectivity index (χ0) is 21.5. The van der Waals surface area contributed by atoms with Gasteiger partial charge in [-0.05, 0) is 29.8 Å². The first-order chi connectivity index (χ1) is 14.2. The first-order valence-corrected chi connectivity index (χ1v) is 9.78. The van der Waals surface area contributed by atoms with Crippen molar-refractivity contribution in [3.63, 3.8) is 0 Å². The van der Waals surface area contributed by atoms with E-state index in [-0.39, 0.29) is 23.6 Å². The molecule has 0 spiro atoms. The molecule has 2 heterocycles. The van der Waals surface area contributed by atoms with Crippen LogP contribution >= 0.6 is 15.9 Å². The minimum Gasteiger partial charge on any atom is -0.508 e. The number of benzene rings is 2. The fourth-order valence-corrected chi connectivity index (χ4v) is 3.69. The van der Waals surface area contributed by atoms with Crippen LogP contribution < -0.4 is 10.6 Å². The van der Waals surface area contributed by atoms with Gasteiger partial charge in [0.15, 0.2) is 6.04 Å². The molecule has 6 nitrogen and oxygen atoms in total. The number of hydrogen-bond acceptors (Lipinski definition) is 4. The fraction of sp³-hybridized carbons (Fsp3) is 0.200. The van der Waals surface area contributed by atoms with Crippen LogP contribution in [0.3, 0.4) is 0 Å². The van der Waals surface area contributed by atoms with Crippen LogP contribution in [0.1, 0.15) is 34.4 Å². The molecule has 4 rings (SSSR count). The Morgan fingerprint density at radius 3 is 2.63 bits per heavy atom. The van der Waals surface area contributed by atoms with E-state index in [1.54, 1.807) is 36.4 Å². The van der Waals surface area contributed by atoms with Crippen LogP contribution in [0.25, 0.3) is 0 Å². The number of fused-ring (bicyclic) bond motifs is 1. The normalized spacial score (nSPS) is 18.4. The van der Waals surface area contributed by atoms with Gasteiger partial charge in [0.05, 0.1) is 12.2 Å². The summed E-state index contributed by atoms with van der Waals surface area (Å²) in [6.07, 6.45) is -3.67. The predicted octanol–water partition coefficient (Wildman–Crippen LogP) is 5.26. The molecule has 30 heavy (non-hydrogen) atoms. The van der Waals surface area contributed by atoms with Crippen molar-refractivity contribution >= 4 is 33.3 Å². The van der Waals surface area contributed by atoms with Crippen LogP contribution in [0.15, 0.2) is 59.2 Å². The molecular formula is C20H16BrF3N4O2. The van der Waals surface area contributed by atoms with Crippen LogP contribution in [0, 0.1) is 0 Å². The number of amides is 1. The topological polar surface area (TPSA) is 79.2 Å². The van der Waals surface area contributed by atoms with Crippen molar-refractivity contribution in [2.24, 2.45) is 0 Å². The summed E-state index contributed by atoms with van der Waals surface area (Å²) >= 11 is 3.31. The van der Waals surface area contributed by atoms with Gasteiger partial charge < -0.3 is 15.7 Å². The maximum atomic E-state index is 13.8. The number of hydrogen-bond donors (Lipinski definition) is 3. The smallest absolute Gasteiger partial charge is 0.410 e. The molecular weight excluding hydrogens is 465 g/mol. The Hall–Kier alpha value is -3.01. The number of rotatable bonds is 3. The van der Waals surface area contributed by atoms with E-state index in [0.29, 0.717) is 11.3 Å². The monoisotopic (exact) mass is 480 g/mol. The van der Waals surface area contributed by atoms with Crippen LogP contribution in [-0.4, -0.2) is 27.0 Å². The number of aromatic hydroxyl groups is 1. The van der Waals surface area contributed by atoms with E-state index < -0.39 is 24.2 Å². The molecule has 1 aliphatic rings. The number of phenolic OH excluding ortho intramolecular Hbond substituents is 1. The molecule has 3 aromatic rings. The van der Waals surface area contributed by atoms with Crippen molar-refractivity contribution < 1.29 is 23.1 Å². The van der Waals surface area contributed by atoms with Crippen molar-refractivity contribution in [3.05, 3.63) is 70.3 Å². The van der Waals surface area contributed by atoms with Crippen molar-refractivity contribution in [3.8, 4) is 5.75 Å². The van der Waals surface area contributed by atoms with Gasteiger partial charge in [-0.15, -0.1) is 0 Å². The van der Waals surface area contributed by atoms with Gasteiger partial charge in [0.2, 0.25) is 0 Å². The number of carbonyl (C=O) groups excluding carboxylic acids is 1. The van der Waals surface area contributed by atoms with Gasteiger partial charge in [0.1, 0.15) is 17.1 Å². The van der Waals surface area contributed by atoms with Crippen molar-refractivity contribution in [2.75, 3.05) is 10.6 Å². The summed E-state index contributed by atoms with van der Waals surface area (Å²) in [5.74, 6) is -0.684. The summed E-state index contributed by atoms with van der Waals surface area (Å²) in [5.41, 5.74) is 0.959. The summed E-state index contributed by atoms with van der Waals surface area (Å²) in [7, 11) is 0. The minimum atomic E-state index is -4.53. The van der Waals surface area contributed by atoms with Crippen molar-refractivity contribution in [2.45, 2.75) is 24.7 Å². The minimum absolute atomic E-state index is 0.00542. The summed E-state index contributed by atoms with van der Waals surface area (Å²) in [6.45, 7) is 0. The highest BCUT2D eigenvalue weighted by atomic mass is 79.9. The lowest BCUT2D eigenvalue weighted by Gasteiger charge is -2.34. The molecule has 156 valence electrons. The number of phenols is 1. The number of alkyl halides is 3. The maximum Gasteiger partial charge on any atom is 0.410 e. The molecule has 0 aliphatic carbocycles. The third kappa shape index (κ3) is 4.00. The number of anilines is 2. The Labute approximate surface area is 177 Å². The van der Waals surface area contributed by atoms with Crippen molar-refractivity contribution in [1.29, 1.82) is 0 Å². The highest BCUT2D eigenvalue weighted by Gasteiger charge is 2.47. The molecule has 0 unspecified atom stereocenters. The Morgan fingerprint density at radius 2 is 1.97 bits per heavy atom. The zero-order valence-electron chi connectivity index (χ0n) is 15.3. The third-order valence-corrected chi connectivity index (χ3v) is 5.39. The molecule has 0 fully saturated rings. The number of carbonyl (C=O) groups is 1. The molecule has 0 bridgehead atoms. The third-order valence-electron chi connectivity index (χ3n) is 4.86. The Morgan fingerprint density at radius 1 is 1.23 bits per heavy atom. The first-order valence-electron chi connectivity index (χ1n) is 8.99. The fourth-order valence-electron chi connectivity index (χ4n) is 3.42. The quantitative estimate of drug-likeness (QED) is 0.477. The largest absolute Gasteiger partial charge is 0.508 e. The molecule has 2 aromatic carbocycles. The van der Waals surface area contributed by atoms with Gasteiger partial charge >= 0.3 is 6.18 Å². The molecule has 0 saturated heterocycles. The van der Waals surface area contributed by atoms with Gasteiger partial charge in [-0.3, -0.25) is 4.79 Å². The number of nitrogens with zero attached hydrogens (tertiary/aromatic N) is 2. The van der Waals surface area contributed by atoms with Crippen molar-refractivity contribution in [1.82, 2.24) is 9.78 Å². The summed E-state index contributed by atoms with van der Waals surface area (Å²) in [4.78, 5) is 12.7. The van der Waals surface area contributed by atoms with E-state index in [1.807, 2.05) is 0 Å². The number of aromatic nitrogens is 2. The summed E-state index contributed by atoms with van der Waals surface area (Å²) < 4.78 is 42.9. The second-order valence-electron chi connectivity index (χ2n) is 6.90. The lowest BCUT2D eigenvalue weighted by Crippen LogP contribution is -2.36. The first kappa shape index (κ1) is 20.3. The molecule has 1 aliphatic heterocycles. The standard InChI is InChI=1S/C20H16BrF3N4O2/c21-12-6-4-11(5-7-12)16-9-17(20(22,23)24)28-18(27-16)15(10-25-28)19(30)26-13-2-1-3-14(29)8-13/h1-8,10,16-17,27,29H,9H2,(H,26,30)/t16-,17-/m1/s1. The van der Waals surface area contributed by atoms with E-state index in [2.05, 4.69) is 31.7 Å². The second kappa shape index (κ2) is 7.67. The summed E-state index contributed by atoms with van der Waals surface area (Å²) in [6, 6.07) is 10.3. The van der Waals surface area contributed by atoms with Crippen LogP contribution in [0.2, 0.25) is 0 Å².